The molecule has 0 bridgehead atoms. The Hall–Kier alpha value is -1.84. The second-order valence-corrected chi connectivity index (χ2v) is 2.47. The molecule has 0 saturated heterocycles. The maximum absolute atomic E-state index is 10.3. The molecule has 4 heteroatoms. The molecule has 0 heterocycles. The Morgan fingerprint density at radius 2 is 1.80 bits per heavy atom. The number of nitro benzene ring substituents is 1. The van der Waals surface area contributed by atoms with Crippen LogP contribution >= 0.6 is 0 Å². The average Bonchev–Trinajstić information content (AvgIpc) is 2.29. The van der Waals surface area contributed by atoms with Gasteiger partial charge in [-0.15, -0.1) is 0 Å². The molecule has 1 rings (SSSR count). The molecule has 0 aromatic heterocycles. The summed E-state index contributed by atoms with van der Waals surface area (Å²) < 4.78 is 0. The zero-order valence-electron chi connectivity index (χ0n) is 9.23. The summed E-state index contributed by atoms with van der Waals surface area (Å²) in [6.07, 6.45) is 3.60. The first-order chi connectivity index (χ1) is 7.24. The van der Waals surface area contributed by atoms with Crippen molar-refractivity contribution < 1.29 is 4.92 Å². The van der Waals surface area contributed by atoms with E-state index in [0.29, 0.717) is 0 Å². The van der Waals surface area contributed by atoms with E-state index in [9.17, 15) is 10.1 Å². The number of nitro groups is 1. The van der Waals surface area contributed by atoms with Gasteiger partial charge in [0, 0.05) is 19.2 Å². The molecular formula is C11H16N2O2. The predicted octanol–water partition coefficient (Wildman–Crippen LogP) is 2.81. The Labute approximate surface area is 89.8 Å². The van der Waals surface area contributed by atoms with E-state index in [1.54, 1.807) is 25.4 Å². The molecule has 0 amide bonds. The van der Waals surface area contributed by atoms with Gasteiger partial charge in [-0.25, -0.2) is 0 Å². The Balaban J connectivity index is 0.000000921. The van der Waals surface area contributed by atoms with Crippen LogP contribution < -0.4 is 5.32 Å². The third kappa shape index (κ3) is 4.81. The van der Waals surface area contributed by atoms with Gasteiger partial charge in [-0.05, 0) is 30.0 Å². The van der Waals surface area contributed by atoms with E-state index in [-0.39, 0.29) is 5.69 Å². The first kappa shape index (κ1) is 13.2. The molecule has 15 heavy (non-hydrogen) atoms. The molecule has 0 unspecified atom stereocenters. The highest BCUT2D eigenvalue weighted by Crippen LogP contribution is 2.12. The van der Waals surface area contributed by atoms with Crippen LogP contribution in [-0.4, -0.2) is 12.0 Å². The maximum atomic E-state index is 10.3. The number of non-ortho nitro benzene ring substituents is 1. The van der Waals surface area contributed by atoms with Crippen molar-refractivity contribution in [3.05, 3.63) is 46.1 Å². The van der Waals surface area contributed by atoms with E-state index in [0.717, 1.165) is 5.56 Å². The zero-order valence-corrected chi connectivity index (χ0v) is 9.23. The summed E-state index contributed by atoms with van der Waals surface area (Å²) in [5, 5.41) is 13.1. The molecule has 0 atom stereocenters. The van der Waals surface area contributed by atoms with E-state index in [4.69, 9.17) is 0 Å². The first-order valence-electron chi connectivity index (χ1n) is 4.82. The van der Waals surface area contributed by atoms with Gasteiger partial charge in [0.25, 0.3) is 5.69 Å². The molecule has 0 aliphatic rings. The largest absolute Gasteiger partial charge is 0.394 e. The summed E-state index contributed by atoms with van der Waals surface area (Å²) in [5.41, 5.74) is 1.04. The van der Waals surface area contributed by atoms with E-state index in [1.165, 1.54) is 12.1 Å². The summed E-state index contributed by atoms with van der Waals surface area (Å²) >= 11 is 0. The molecule has 0 aliphatic carbocycles. The highest BCUT2D eigenvalue weighted by molar-refractivity contribution is 5.51. The summed E-state index contributed by atoms with van der Waals surface area (Å²) in [6.45, 7) is 4.00. The van der Waals surface area contributed by atoms with Crippen LogP contribution in [-0.2, 0) is 0 Å². The zero-order chi connectivity index (χ0) is 11.7. The topological polar surface area (TPSA) is 55.2 Å². The quantitative estimate of drug-likeness (QED) is 0.613. The molecule has 0 fully saturated rings. The minimum absolute atomic E-state index is 0.113. The van der Waals surface area contributed by atoms with E-state index >= 15 is 0 Å². The third-order valence-corrected chi connectivity index (χ3v) is 1.55. The minimum Gasteiger partial charge on any atom is -0.394 e. The second kappa shape index (κ2) is 7.55. The van der Waals surface area contributed by atoms with Crippen molar-refractivity contribution in [1.29, 1.82) is 0 Å². The molecule has 4 nitrogen and oxygen atoms in total. The highest BCUT2D eigenvalue weighted by Gasteiger charge is 2.01. The fourth-order valence-corrected chi connectivity index (χ4v) is 0.887. The number of hydrogen-bond donors (Lipinski definition) is 1. The molecule has 0 spiro atoms. The van der Waals surface area contributed by atoms with Crippen molar-refractivity contribution in [1.82, 2.24) is 5.32 Å². The van der Waals surface area contributed by atoms with Crippen molar-refractivity contribution >= 4 is 11.8 Å². The van der Waals surface area contributed by atoms with Crippen LogP contribution in [0.4, 0.5) is 5.69 Å². The fraction of sp³-hybridized carbons (Fsp3) is 0.273. The predicted molar refractivity (Wildman–Crippen MR) is 62.5 cm³/mol. The SMILES string of the molecule is CC.CN/C=C/c1ccc([N+](=O)[O-])cc1. The molecule has 1 N–H and O–H groups in total. The van der Waals surface area contributed by atoms with Crippen molar-refractivity contribution in [2.24, 2.45) is 0 Å². The number of nitrogens with one attached hydrogen (secondary N) is 1. The van der Waals surface area contributed by atoms with Gasteiger partial charge in [0.2, 0.25) is 0 Å². The molecular weight excluding hydrogens is 192 g/mol. The highest BCUT2D eigenvalue weighted by atomic mass is 16.6. The van der Waals surface area contributed by atoms with Gasteiger partial charge < -0.3 is 5.32 Å². The van der Waals surface area contributed by atoms with Crippen LogP contribution in [0.2, 0.25) is 0 Å². The molecule has 1 aromatic carbocycles. The van der Waals surface area contributed by atoms with Crippen LogP contribution in [0.3, 0.4) is 0 Å². The van der Waals surface area contributed by atoms with Crippen molar-refractivity contribution in [2.75, 3.05) is 7.05 Å². The van der Waals surface area contributed by atoms with Crippen molar-refractivity contribution in [2.45, 2.75) is 13.8 Å². The average molecular weight is 208 g/mol. The van der Waals surface area contributed by atoms with Crippen molar-refractivity contribution in [3.8, 4) is 0 Å². The van der Waals surface area contributed by atoms with Crippen LogP contribution in [0.1, 0.15) is 19.4 Å². The monoisotopic (exact) mass is 208 g/mol. The lowest BCUT2D eigenvalue weighted by Crippen LogP contribution is -1.91. The maximum Gasteiger partial charge on any atom is 0.269 e. The first-order valence-corrected chi connectivity index (χ1v) is 4.82. The Kier molecular flexibility index (Phi) is 6.63. The van der Waals surface area contributed by atoms with Crippen molar-refractivity contribution in [3.63, 3.8) is 0 Å². The second-order valence-electron chi connectivity index (χ2n) is 2.47. The number of rotatable bonds is 3. The Bertz CT molecular complexity index is 318. The summed E-state index contributed by atoms with van der Waals surface area (Å²) in [7, 11) is 1.79. The lowest BCUT2D eigenvalue weighted by molar-refractivity contribution is -0.384. The number of hydrogen-bond acceptors (Lipinski definition) is 3. The van der Waals surface area contributed by atoms with Gasteiger partial charge >= 0.3 is 0 Å². The van der Waals surface area contributed by atoms with E-state index in [1.807, 2.05) is 19.9 Å². The standard InChI is InChI=1S/C9H10N2O2.C2H6/c1-10-7-6-8-2-4-9(5-3-8)11(12)13;1-2/h2-7,10H,1H3;1-2H3/b7-6+;. The van der Waals surface area contributed by atoms with Crippen LogP contribution in [0.25, 0.3) is 6.08 Å². The third-order valence-electron chi connectivity index (χ3n) is 1.55. The Morgan fingerprint density at radius 1 is 1.27 bits per heavy atom. The minimum atomic E-state index is -0.411. The van der Waals surface area contributed by atoms with Gasteiger partial charge in [0.15, 0.2) is 0 Å². The van der Waals surface area contributed by atoms with Gasteiger partial charge in [0.05, 0.1) is 4.92 Å². The lowest BCUT2D eigenvalue weighted by atomic mass is 10.2. The number of nitrogens with zero attached hydrogens (tertiary/aromatic N) is 1. The smallest absolute Gasteiger partial charge is 0.269 e. The summed E-state index contributed by atoms with van der Waals surface area (Å²) in [4.78, 5) is 9.89. The van der Waals surface area contributed by atoms with Gasteiger partial charge in [-0.1, -0.05) is 13.8 Å². The summed E-state index contributed by atoms with van der Waals surface area (Å²) in [5.74, 6) is 0. The number of benzene rings is 1. The molecule has 82 valence electrons. The van der Waals surface area contributed by atoms with Gasteiger partial charge in [-0.2, -0.15) is 0 Å². The fourth-order valence-electron chi connectivity index (χ4n) is 0.887. The van der Waals surface area contributed by atoms with Crippen LogP contribution in [0.5, 0.6) is 0 Å². The normalized spacial score (nSPS) is 9.27. The molecule has 1 aromatic rings. The van der Waals surface area contributed by atoms with E-state index in [2.05, 4.69) is 5.32 Å². The molecule has 0 aliphatic heterocycles. The van der Waals surface area contributed by atoms with Gasteiger partial charge in [-0.3, -0.25) is 10.1 Å². The molecule has 0 saturated carbocycles. The van der Waals surface area contributed by atoms with Crippen LogP contribution in [0.15, 0.2) is 30.5 Å². The summed E-state index contributed by atoms with van der Waals surface area (Å²) in [6, 6.07) is 6.36. The Morgan fingerprint density at radius 3 is 2.20 bits per heavy atom. The van der Waals surface area contributed by atoms with E-state index < -0.39 is 4.92 Å². The van der Waals surface area contributed by atoms with Gasteiger partial charge in [0.1, 0.15) is 0 Å². The lowest BCUT2D eigenvalue weighted by Gasteiger charge is -1.93. The van der Waals surface area contributed by atoms with Crippen LogP contribution in [0, 0.1) is 10.1 Å². The molecule has 0 radical (unpaired) electrons.